The van der Waals surface area contributed by atoms with Crippen molar-refractivity contribution in [2.75, 3.05) is 39.2 Å². The summed E-state index contributed by atoms with van der Waals surface area (Å²) >= 11 is 0. The summed E-state index contributed by atoms with van der Waals surface area (Å²) in [6, 6.07) is 6.64. The average molecular weight is 583 g/mol. The zero-order valence-electron chi connectivity index (χ0n) is 23.4. The molecule has 0 aromatic carbocycles. The Morgan fingerprint density at radius 3 is 2.61 bits per heavy atom. The van der Waals surface area contributed by atoms with Crippen LogP contribution in [0, 0.1) is 5.95 Å². The molecule has 13 heteroatoms. The van der Waals surface area contributed by atoms with E-state index in [2.05, 4.69) is 15.0 Å². The quantitative estimate of drug-likeness (QED) is 0.147. The van der Waals surface area contributed by atoms with Gasteiger partial charge in [0.25, 0.3) is 0 Å². The summed E-state index contributed by atoms with van der Waals surface area (Å²) in [5.41, 5.74) is 3.57. The highest BCUT2D eigenvalue weighted by Crippen LogP contribution is 2.47. The molecule has 41 heavy (non-hydrogen) atoms. The monoisotopic (exact) mass is 582 g/mol. The summed E-state index contributed by atoms with van der Waals surface area (Å²) in [6.07, 6.45) is 10.3. The molecule has 0 spiro atoms. The van der Waals surface area contributed by atoms with Crippen LogP contribution in [-0.4, -0.2) is 69.5 Å². The topological polar surface area (TPSA) is 123 Å². The van der Waals surface area contributed by atoms with Gasteiger partial charge in [0.05, 0.1) is 18.5 Å². The standard InChI is InChI=1S/C28H32FN6O5P/c1-6-39-41(37,38)40-19(2)35-18-25(20-9-10-31-26(29)14-20)24-13-22(16-32-28(24)35)21-12-23(17-30-15-21)34(5)27(36)8-7-11-33(3)4/h7-10,12-19H,6,11H2,1-5H3,(H,37,38)/b8-7+. The first-order chi connectivity index (χ1) is 19.5. The van der Waals surface area contributed by atoms with Crippen LogP contribution in [0.1, 0.15) is 20.1 Å². The van der Waals surface area contributed by atoms with Crippen LogP contribution >= 0.6 is 7.82 Å². The Hall–Kier alpha value is -3.80. The van der Waals surface area contributed by atoms with Crippen LogP contribution in [0.3, 0.4) is 0 Å². The second-order valence-corrected chi connectivity index (χ2v) is 10.9. The van der Waals surface area contributed by atoms with E-state index in [0.29, 0.717) is 45.5 Å². The van der Waals surface area contributed by atoms with Gasteiger partial charge in [0.15, 0.2) is 0 Å². The van der Waals surface area contributed by atoms with Crippen LogP contribution in [-0.2, 0) is 18.4 Å². The van der Waals surface area contributed by atoms with Crippen molar-refractivity contribution >= 4 is 30.5 Å². The number of carbonyl (C=O) groups excluding carboxylic acids is 1. The van der Waals surface area contributed by atoms with Gasteiger partial charge in [0.1, 0.15) is 11.9 Å². The number of amides is 1. The average Bonchev–Trinajstić information content (AvgIpc) is 3.31. The lowest BCUT2D eigenvalue weighted by Crippen LogP contribution is -2.24. The minimum atomic E-state index is -4.32. The van der Waals surface area contributed by atoms with Gasteiger partial charge in [-0.3, -0.25) is 18.8 Å². The summed E-state index contributed by atoms with van der Waals surface area (Å²) < 4.78 is 38.1. The predicted octanol–water partition coefficient (Wildman–Crippen LogP) is 5.05. The molecule has 0 bridgehead atoms. The van der Waals surface area contributed by atoms with Crippen molar-refractivity contribution in [3.63, 3.8) is 0 Å². The summed E-state index contributed by atoms with van der Waals surface area (Å²) in [7, 11) is 1.18. The Morgan fingerprint density at radius 2 is 1.90 bits per heavy atom. The summed E-state index contributed by atoms with van der Waals surface area (Å²) in [5.74, 6) is -0.849. The fourth-order valence-corrected chi connectivity index (χ4v) is 5.05. The minimum Gasteiger partial charge on any atom is -0.310 e. The van der Waals surface area contributed by atoms with Crippen molar-refractivity contribution in [1.29, 1.82) is 0 Å². The van der Waals surface area contributed by atoms with E-state index < -0.39 is 20.0 Å². The fourth-order valence-electron chi connectivity index (χ4n) is 4.18. The third-order valence-corrected chi connectivity index (χ3v) is 7.34. The van der Waals surface area contributed by atoms with E-state index in [1.165, 1.54) is 23.2 Å². The molecule has 4 aromatic heterocycles. The Bertz CT molecular complexity index is 1620. The summed E-state index contributed by atoms with van der Waals surface area (Å²) in [4.78, 5) is 38.7. The van der Waals surface area contributed by atoms with Crippen LogP contribution < -0.4 is 4.90 Å². The van der Waals surface area contributed by atoms with Crippen LogP contribution in [0.25, 0.3) is 33.3 Å². The van der Waals surface area contributed by atoms with Gasteiger partial charge >= 0.3 is 7.82 Å². The SMILES string of the molecule is CCOP(=O)(O)OC(C)n1cc(-c2ccnc(F)c2)c2cc(-c3cncc(N(C)C(=O)/C=C/CN(C)C)c3)cnc21. The molecule has 4 heterocycles. The highest BCUT2D eigenvalue weighted by Gasteiger charge is 2.26. The number of hydrogen-bond donors (Lipinski definition) is 1. The molecule has 4 aromatic rings. The van der Waals surface area contributed by atoms with Crippen LogP contribution in [0.15, 0.2) is 67.4 Å². The van der Waals surface area contributed by atoms with Crippen LogP contribution in [0.5, 0.6) is 0 Å². The van der Waals surface area contributed by atoms with Gasteiger partial charge in [0.2, 0.25) is 11.9 Å². The third-order valence-electron chi connectivity index (χ3n) is 6.18. The molecule has 0 fully saturated rings. The number of likely N-dealkylation sites (N-methyl/N-ethyl adjacent to an activating group) is 2. The Balaban J connectivity index is 1.76. The van der Waals surface area contributed by atoms with E-state index in [0.717, 1.165) is 0 Å². The predicted molar refractivity (Wildman–Crippen MR) is 155 cm³/mol. The van der Waals surface area contributed by atoms with Crippen molar-refractivity contribution in [1.82, 2.24) is 24.4 Å². The van der Waals surface area contributed by atoms with E-state index in [-0.39, 0.29) is 12.5 Å². The first-order valence-electron chi connectivity index (χ1n) is 12.8. The number of hydrogen-bond acceptors (Lipinski definition) is 8. The van der Waals surface area contributed by atoms with Crippen molar-refractivity contribution in [2.45, 2.75) is 20.1 Å². The molecule has 4 rings (SSSR count). The Labute approximate surface area is 237 Å². The number of anilines is 1. The molecule has 2 atom stereocenters. The number of phosphoric ester groups is 1. The summed E-state index contributed by atoms with van der Waals surface area (Å²) in [6.45, 7) is 3.80. The van der Waals surface area contributed by atoms with Crippen molar-refractivity contribution < 1.29 is 27.7 Å². The Morgan fingerprint density at radius 1 is 1.15 bits per heavy atom. The van der Waals surface area contributed by atoms with Gasteiger partial charge in [-0.2, -0.15) is 4.39 Å². The number of aromatic nitrogens is 4. The number of phosphoric acid groups is 1. The molecule has 216 valence electrons. The molecule has 1 N–H and O–H groups in total. The lowest BCUT2D eigenvalue weighted by atomic mass is 10.0. The lowest BCUT2D eigenvalue weighted by molar-refractivity contribution is -0.113. The number of pyridine rings is 3. The molecule has 2 unspecified atom stereocenters. The number of rotatable bonds is 11. The third kappa shape index (κ3) is 7.29. The molecular weight excluding hydrogens is 550 g/mol. The van der Waals surface area contributed by atoms with Gasteiger partial charge in [-0.05, 0) is 51.7 Å². The van der Waals surface area contributed by atoms with E-state index in [1.54, 1.807) is 62.4 Å². The molecule has 0 radical (unpaired) electrons. The van der Waals surface area contributed by atoms with E-state index in [1.807, 2.05) is 31.1 Å². The smallest absolute Gasteiger partial charge is 0.310 e. The van der Waals surface area contributed by atoms with Crippen molar-refractivity contribution in [2.24, 2.45) is 0 Å². The van der Waals surface area contributed by atoms with Gasteiger partial charge < -0.3 is 19.3 Å². The molecular formula is C28H32FN6O5P. The molecule has 11 nitrogen and oxygen atoms in total. The van der Waals surface area contributed by atoms with Gasteiger partial charge in [0, 0.05) is 72.6 Å². The Kier molecular flexibility index (Phi) is 9.42. The highest BCUT2D eigenvalue weighted by atomic mass is 31.2. The maximum absolute atomic E-state index is 14.1. The molecule has 0 aliphatic carbocycles. The molecule has 1 amide bonds. The molecule has 0 aliphatic heterocycles. The molecule has 0 saturated carbocycles. The zero-order valence-corrected chi connectivity index (χ0v) is 24.3. The normalized spacial score (nSPS) is 14.0. The van der Waals surface area contributed by atoms with Gasteiger partial charge in [-0.15, -0.1) is 0 Å². The first-order valence-corrected chi connectivity index (χ1v) is 14.3. The van der Waals surface area contributed by atoms with Gasteiger partial charge in [-0.25, -0.2) is 14.5 Å². The number of halogens is 1. The molecule has 0 saturated heterocycles. The van der Waals surface area contributed by atoms with E-state index >= 15 is 0 Å². The second kappa shape index (κ2) is 12.8. The molecule has 0 aliphatic rings. The van der Waals surface area contributed by atoms with Crippen LogP contribution in [0.2, 0.25) is 0 Å². The van der Waals surface area contributed by atoms with Gasteiger partial charge in [-0.1, -0.05) is 6.08 Å². The fraction of sp³-hybridized carbons (Fsp3) is 0.286. The zero-order chi connectivity index (χ0) is 29.7. The maximum atomic E-state index is 14.1. The summed E-state index contributed by atoms with van der Waals surface area (Å²) in [5, 5.41) is 0.634. The number of nitrogens with zero attached hydrogens (tertiary/aromatic N) is 6. The van der Waals surface area contributed by atoms with Crippen molar-refractivity contribution in [3.05, 3.63) is 73.3 Å². The largest absolute Gasteiger partial charge is 0.474 e. The first kappa shape index (κ1) is 30.2. The maximum Gasteiger partial charge on any atom is 0.474 e. The number of fused-ring (bicyclic) bond motifs is 1. The van der Waals surface area contributed by atoms with E-state index in [9.17, 15) is 18.6 Å². The van der Waals surface area contributed by atoms with Crippen molar-refractivity contribution in [3.8, 4) is 22.3 Å². The minimum absolute atomic E-state index is 0.00364. The van der Waals surface area contributed by atoms with Crippen LogP contribution in [0.4, 0.5) is 10.1 Å². The highest BCUT2D eigenvalue weighted by molar-refractivity contribution is 7.47. The second-order valence-electron chi connectivity index (χ2n) is 9.50. The lowest BCUT2D eigenvalue weighted by Gasteiger charge is -2.19. The number of carbonyl (C=O) groups is 1. The van der Waals surface area contributed by atoms with E-state index in [4.69, 9.17) is 9.05 Å².